The number of benzene rings is 1. The predicted molar refractivity (Wildman–Crippen MR) is 97.2 cm³/mol. The Morgan fingerprint density at radius 3 is 2.12 bits per heavy atom. The summed E-state index contributed by atoms with van der Waals surface area (Å²) >= 11 is 6.07. The van der Waals surface area contributed by atoms with Gasteiger partial charge in [-0.2, -0.15) is 0 Å². The monoisotopic (exact) mass is 359 g/mol. The fourth-order valence-electron chi connectivity index (χ4n) is 6.59. The van der Waals surface area contributed by atoms with Crippen molar-refractivity contribution in [3.8, 4) is 0 Å². The Bertz CT molecular complexity index is 652. The maximum absolute atomic E-state index is 13.6. The van der Waals surface area contributed by atoms with E-state index in [2.05, 4.69) is 12.1 Å². The molecule has 1 aliphatic heterocycles. The Labute approximate surface area is 154 Å². The Morgan fingerprint density at radius 1 is 1.04 bits per heavy atom. The number of likely N-dealkylation sites (tertiary alicyclic amines) is 1. The molecule has 134 valence electrons. The van der Waals surface area contributed by atoms with Crippen LogP contribution < -0.4 is 0 Å². The van der Waals surface area contributed by atoms with Gasteiger partial charge in [0, 0.05) is 18.1 Å². The van der Waals surface area contributed by atoms with Crippen LogP contribution in [0.4, 0.5) is 0 Å². The van der Waals surface area contributed by atoms with E-state index in [1.807, 2.05) is 17.0 Å². The SMILES string of the molecule is O=C(N1CC(O)C1)C1(Cc2ccc(Cl)cc2)C2CC3CC(C2)CC1C3. The van der Waals surface area contributed by atoms with Gasteiger partial charge in [0.2, 0.25) is 5.91 Å². The maximum Gasteiger partial charge on any atom is 0.229 e. The lowest BCUT2D eigenvalue weighted by Crippen LogP contribution is -2.65. The van der Waals surface area contributed by atoms with Gasteiger partial charge in [0.1, 0.15) is 0 Å². The molecule has 3 nitrogen and oxygen atoms in total. The van der Waals surface area contributed by atoms with Crippen molar-refractivity contribution < 1.29 is 9.90 Å². The summed E-state index contributed by atoms with van der Waals surface area (Å²) in [6.07, 6.45) is 6.80. The first-order chi connectivity index (χ1) is 12.0. The van der Waals surface area contributed by atoms with Crippen LogP contribution in [0, 0.1) is 29.1 Å². The van der Waals surface area contributed by atoms with E-state index in [9.17, 15) is 9.90 Å². The molecule has 1 heterocycles. The number of halogens is 1. The van der Waals surface area contributed by atoms with Crippen molar-refractivity contribution in [1.82, 2.24) is 4.90 Å². The van der Waals surface area contributed by atoms with Gasteiger partial charge in [0.05, 0.1) is 11.5 Å². The van der Waals surface area contributed by atoms with Crippen LogP contribution in [0.5, 0.6) is 0 Å². The molecule has 25 heavy (non-hydrogen) atoms. The minimum absolute atomic E-state index is 0.249. The lowest BCUT2D eigenvalue weighted by atomic mass is 9.43. The zero-order chi connectivity index (χ0) is 17.2. The average Bonchev–Trinajstić information content (AvgIpc) is 2.56. The topological polar surface area (TPSA) is 40.5 Å². The Kier molecular flexibility index (Phi) is 3.69. The largest absolute Gasteiger partial charge is 0.389 e. The van der Waals surface area contributed by atoms with E-state index in [1.165, 1.54) is 37.7 Å². The van der Waals surface area contributed by atoms with Gasteiger partial charge >= 0.3 is 0 Å². The van der Waals surface area contributed by atoms with Gasteiger partial charge in [0.15, 0.2) is 0 Å². The second-order valence-electron chi connectivity index (χ2n) is 9.01. The van der Waals surface area contributed by atoms with Gasteiger partial charge < -0.3 is 10.0 Å². The van der Waals surface area contributed by atoms with E-state index >= 15 is 0 Å². The van der Waals surface area contributed by atoms with Crippen molar-refractivity contribution in [2.45, 2.75) is 44.6 Å². The molecule has 4 aliphatic carbocycles. The first-order valence-electron chi connectivity index (χ1n) is 9.76. The highest BCUT2D eigenvalue weighted by Crippen LogP contribution is 2.64. The number of carbonyl (C=O) groups is 1. The number of hydrogen-bond donors (Lipinski definition) is 1. The van der Waals surface area contributed by atoms with Crippen LogP contribution >= 0.6 is 11.6 Å². The molecule has 5 fully saturated rings. The summed E-state index contributed by atoms with van der Waals surface area (Å²) in [5.74, 6) is 3.04. The molecule has 0 atom stereocenters. The number of rotatable bonds is 3. The molecule has 4 heteroatoms. The van der Waals surface area contributed by atoms with Crippen molar-refractivity contribution in [2.24, 2.45) is 29.1 Å². The van der Waals surface area contributed by atoms with Gasteiger partial charge in [-0.05, 0) is 79.9 Å². The van der Waals surface area contributed by atoms with Gasteiger partial charge in [-0.3, -0.25) is 4.79 Å². The number of hydrogen-bond acceptors (Lipinski definition) is 2. The molecular formula is C21H26ClNO2. The summed E-state index contributed by atoms with van der Waals surface area (Å²) in [5, 5.41) is 10.5. The van der Waals surface area contributed by atoms with Crippen molar-refractivity contribution in [3.05, 3.63) is 34.9 Å². The van der Waals surface area contributed by atoms with Crippen LogP contribution in [0.1, 0.15) is 37.7 Å². The summed E-state index contributed by atoms with van der Waals surface area (Å²) in [6, 6.07) is 8.07. The number of β-amino-alcohol motifs (C(OH)–C–C–N with tert-alkyl or cyclic N) is 1. The van der Waals surface area contributed by atoms with Crippen molar-refractivity contribution in [1.29, 1.82) is 0 Å². The van der Waals surface area contributed by atoms with Crippen LogP contribution in [0.25, 0.3) is 0 Å². The van der Waals surface area contributed by atoms with Gasteiger partial charge in [-0.15, -0.1) is 0 Å². The minimum Gasteiger partial charge on any atom is -0.389 e. The molecule has 4 saturated carbocycles. The highest BCUT2D eigenvalue weighted by molar-refractivity contribution is 6.30. The summed E-state index contributed by atoms with van der Waals surface area (Å²) in [6.45, 7) is 1.04. The molecule has 0 unspecified atom stereocenters. The van der Waals surface area contributed by atoms with Gasteiger partial charge in [0.25, 0.3) is 0 Å². The molecule has 5 aliphatic rings. The average molecular weight is 360 g/mol. The number of aliphatic hydroxyl groups excluding tert-OH is 1. The van der Waals surface area contributed by atoms with Crippen LogP contribution in [0.2, 0.25) is 5.02 Å². The van der Waals surface area contributed by atoms with Gasteiger partial charge in [-0.1, -0.05) is 23.7 Å². The highest BCUT2D eigenvalue weighted by Gasteiger charge is 2.62. The van der Waals surface area contributed by atoms with E-state index in [4.69, 9.17) is 11.6 Å². The molecule has 1 saturated heterocycles. The minimum atomic E-state index is -0.326. The van der Waals surface area contributed by atoms with E-state index in [0.717, 1.165) is 23.3 Å². The molecule has 1 N–H and O–H groups in total. The lowest BCUT2D eigenvalue weighted by molar-refractivity contribution is -0.179. The molecule has 0 spiro atoms. The third kappa shape index (κ3) is 2.46. The summed E-state index contributed by atoms with van der Waals surface area (Å²) in [4.78, 5) is 15.6. The molecule has 0 aromatic heterocycles. The second-order valence-corrected chi connectivity index (χ2v) is 9.45. The normalized spacial score (nSPS) is 39.5. The lowest BCUT2D eigenvalue weighted by Gasteiger charge is -2.62. The first kappa shape index (κ1) is 16.1. The smallest absolute Gasteiger partial charge is 0.229 e. The third-order valence-corrected chi connectivity index (χ3v) is 7.80. The fourth-order valence-corrected chi connectivity index (χ4v) is 6.72. The summed E-state index contributed by atoms with van der Waals surface area (Å²) < 4.78 is 0. The van der Waals surface area contributed by atoms with Crippen molar-refractivity contribution >= 4 is 17.5 Å². The Hall–Kier alpha value is -1.06. The fraction of sp³-hybridized carbons (Fsp3) is 0.667. The number of amides is 1. The molecule has 1 aromatic rings. The Balaban J connectivity index is 1.51. The Morgan fingerprint density at radius 2 is 1.60 bits per heavy atom. The third-order valence-electron chi connectivity index (χ3n) is 7.55. The van der Waals surface area contributed by atoms with Crippen molar-refractivity contribution in [3.63, 3.8) is 0 Å². The van der Waals surface area contributed by atoms with E-state index in [1.54, 1.807) is 0 Å². The van der Waals surface area contributed by atoms with Crippen LogP contribution in [0.15, 0.2) is 24.3 Å². The van der Waals surface area contributed by atoms with E-state index in [0.29, 0.717) is 30.8 Å². The molecule has 1 aromatic carbocycles. The maximum atomic E-state index is 13.6. The van der Waals surface area contributed by atoms with Crippen molar-refractivity contribution in [2.75, 3.05) is 13.1 Å². The second kappa shape index (κ2) is 5.72. The first-order valence-corrected chi connectivity index (χ1v) is 10.1. The van der Waals surface area contributed by atoms with Crippen LogP contribution in [-0.2, 0) is 11.2 Å². The zero-order valence-electron chi connectivity index (χ0n) is 14.5. The molecule has 1 amide bonds. The standard InChI is InChI=1S/C21H26ClNO2/c22-18-3-1-13(2-4-18)10-21(20(25)23-11-19(24)12-23)16-6-14-5-15(8-16)9-17(21)7-14/h1-4,14-17,19,24H,5-12H2. The number of nitrogens with zero attached hydrogens (tertiary/aromatic N) is 1. The molecule has 4 bridgehead atoms. The molecule has 0 radical (unpaired) electrons. The number of carbonyl (C=O) groups excluding carboxylic acids is 1. The highest BCUT2D eigenvalue weighted by atomic mass is 35.5. The quantitative estimate of drug-likeness (QED) is 0.896. The summed E-state index contributed by atoms with van der Waals surface area (Å²) in [5.41, 5.74) is 0.979. The summed E-state index contributed by atoms with van der Waals surface area (Å²) in [7, 11) is 0. The van der Waals surface area contributed by atoms with Gasteiger partial charge in [-0.25, -0.2) is 0 Å². The van der Waals surface area contributed by atoms with E-state index < -0.39 is 0 Å². The zero-order valence-corrected chi connectivity index (χ0v) is 15.3. The van der Waals surface area contributed by atoms with E-state index in [-0.39, 0.29) is 11.5 Å². The molecule has 6 rings (SSSR count). The number of aliphatic hydroxyl groups is 1. The van der Waals surface area contributed by atoms with Crippen LogP contribution in [0.3, 0.4) is 0 Å². The predicted octanol–water partition coefficient (Wildman–Crippen LogP) is 3.53. The molecular weight excluding hydrogens is 334 g/mol. The van der Waals surface area contributed by atoms with Crippen LogP contribution in [-0.4, -0.2) is 35.1 Å².